The molecule has 1 unspecified atom stereocenters. The second-order valence-electron chi connectivity index (χ2n) is 8.94. The Balaban J connectivity index is 1.58. The van der Waals surface area contributed by atoms with Crippen molar-refractivity contribution in [3.63, 3.8) is 0 Å². The van der Waals surface area contributed by atoms with E-state index in [0.717, 1.165) is 23.0 Å². The van der Waals surface area contributed by atoms with Crippen LogP contribution in [0, 0.1) is 0 Å². The summed E-state index contributed by atoms with van der Waals surface area (Å²) in [5.74, 6) is 0.301. The SMILES string of the molecule is COc1ccc(OC)c(N(CC(=O)NC(C)c2ccc(N3CCCC3)cc2)S(=O)(=O)c2ccccc2)c1. The summed E-state index contributed by atoms with van der Waals surface area (Å²) in [7, 11) is -1.15. The zero-order chi connectivity index (χ0) is 26.4. The largest absolute Gasteiger partial charge is 0.497 e. The number of benzene rings is 3. The number of carbonyl (C=O) groups is 1. The molecule has 1 aliphatic heterocycles. The Hall–Kier alpha value is -3.72. The lowest BCUT2D eigenvalue weighted by atomic mass is 10.1. The number of methoxy groups -OCH3 is 2. The predicted octanol–water partition coefficient (Wildman–Crippen LogP) is 4.38. The van der Waals surface area contributed by atoms with Crippen LogP contribution in [0.5, 0.6) is 11.5 Å². The van der Waals surface area contributed by atoms with Crippen molar-refractivity contribution in [3.05, 3.63) is 78.4 Å². The molecule has 0 spiro atoms. The monoisotopic (exact) mass is 523 g/mol. The van der Waals surface area contributed by atoms with Crippen LogP contribution in [0.4, 0.5) is 11.4 Å². The maximum atomic E-state index is 13.7. The maximum absolute atomic E-state index is 13.7. The number of sulfonamides is 1. The topological polar surface area (TPSA) is 88.2 Å². The van der Waals surface area contributed by atoms with Crippen molar-refractivity contribution in [1.82, 2.24) is 5.32 Å². The quantitative estimate of drug-likeness (QED) is 0.425. The molecule has 9 heteroatoms. The fourth-order valence-corrected chi connectivity index (χ4v) is 5.91. The number of nitrogens with one attached hydrogen (secondary N) is 1. The van der Waals surface area contributed by atoms with E-state index in [2.05, 4.69) is 22.3 Å². The molecule has 0 aliphatic carbocycles. The molecule has 1 amide bonds. The van der Waals surface area contributed by atoms with Crippen LogP contribution >= 0.6 is 0 Å². The van der Waals surface area contributed by atoms with Gasteiger partial charge in [0.15, 0.2) is 0 Å². The molecule has 1 N–H and O–H groups in total. The molecule has 3 aromatic rings. The van der Waals surface area contributed by atoms with Crippen molar-refractivity contribution < 1.29 is 22.7 Å². The third-order valence-corrected chi connectivity index (χ3v) is 8.29. The fraction of sp³-hybridized carbons (Fsp3) is 0.321. The highest BCUT2D eigenvalue weighted by Crippen LogP contribution is 2.35. The molecule has 0 aromatic heterocycles. The molecule has 0 saturated carbocycles. The first-order valence-electron chi connectivity index (χ1n) is 12.3. The highest BCUT2D eigenvalue weighted by atomic mass is 32.2. The van der Waals surface area contributed by atoms with Gasteiger partial charge in [-0.25, -0.2) is 8.42 Å². The molecule has 1 saturated heterocycles. The van der Waals surface area contributed by atoms with Crippen LogP contribution in [-0.2, 0) is 14.8 Å². The minimum Gasteiger partial charge on any atom is -0.497 e. The highest BCUT2D eigenvalue weighted by molar-refractivity contribution is 7.92. The van der Waals surface area contributed by atoms with Crippen molar-refractivity contribution in [2.24, 2.45) is 0 Å². The molecular formula is C28H33N3O5S. The average molecular weight is 524 g/mol. The summed E-state index contributed by atoms with van der Waals surface area (Å²) in [6.07, 6.45) is 2.41. The first kappa shape index (κ1) is 26.3. The van der Waals surface area contributed by atoms with Crippen molar-refractivity contribution in [2.75, 3.05) is 43.1 Å². The lowest BCUT2D eigenvalue weighted by molar-refractivity contribution is -0.120. The molecule has 37 heavy (non-hydrogen) atoms. The van der Waals surface area contributed by atoms with E-state index in [0.29, 0.717) is 11.5 Å². The van der Waals surface area contributed by atoms with E-state index in [4.69, 9.17) is 9.47 Å². The Morgan fingerprint density at radius 1 is 0.973 bits per heavy atom. The molecule has 1 atom stereocenters. The van der Waals surface area contributed by atoms with E-state index in [9.17, 15) is 13.2 Å². The summed E-state index contributed by atoms with van der Waals surface area (Å²) in [6, 6.07) is 20.7. The number of nitrogens with zero attached hydrogens (tertiary/aromatic N) is 2. The number of ether oxygens (including phenoxy) is 2. The molecule has 3 aromatic carbocycles. The summed E-state index contributed by atoms with van der Waals surface area (Å²) in [6.45, 7) is 3.57. The summed E-state index contributed by atoms with van der Waals surface area (Å²) in [5.41, 5.74) is 2.32. The van der Waals surface area contributed by atoms with Crippen molar-refractivity contribution in [2.45, 2.75) is 30.7 Å². The molecule has 8 nitrogen and oxygen atoms in total. The molecule has 0 bridgehead atoms. The van der Waals surface area contributed by atoms with Crippen molar-refractivity contribution >= 4 is 27.3 Å². The van der Waals surface area contributed by atoms with E-state index in [1.54, 1.807) is 36.4 Å². The minimum absolute atomic E-state index is 0.0678. The van der Waals surface area contributed by atoms with Gasteiger partial charge in [0.2, 0.25) is 5.91 Å². The number of carbonyl (C=O) groups excluding carboxylic acids is 1. The van der Waals surface area contributed by atoms with Crippen LogP contribution in [-0.4, -0.2) is 48.2 Å². The van der Waals surface area contributed by atoms with Gasteiger partial charge in [0.05, 0.1) is 30.8 Å². The van der Waals surface area contributed by atoms with Crippen LogP contribution in [0.1, 0.15) is 31.4 Å². The van der Waals surface area contributed by atoms with Gasteiger partial charge in [0.1, 0.15) is 18.0 Å². The molecule has 1 aliphatic rings. The first-order valence-corrected chi connectivity index (χ1v) is 13.7. The highest BCUT2D eigenvalue weighted by Gasteiger charge is 2.30. The van der Waals surface area contributed by atoms with Gasteiger partial charge in [0, 0.05) is 24.8 Å². The third-order valence-electron chi connectivity index (χ3n) is 6.51. The zero-order valence-electron chi connectivity index (χ0n) is 21.4. The number of hydrogen-bond acceptors (Lipinski definition) is 6. The lowest BCUT2D eigenvalue weighted by Crippen LogP contribution is -2.41. The Labute approximate surface area is 218 Å². The van der Waals surface area contributed by atoms with Gasteiger partial charge in [0.25, 0.3) is 10.0 Å². The second-order valence-corrected chi connectivity index (χ2v) is 10.8. The predicted molar refractivity (Wildman–Crippen MR) is 145 cm³/mol. The summed E-state index contributed by atoms with van der Waals surface area (Å²) < 4.78 is 39.2. The van der Waals surface area contributed by atoms with E-state index < -0.39 is 22.5 Å². The van der Waals surface area contributed by atoms with Crippen LogP contribution < -0.4 is 24.0 Å². The van der Waals surface area contributed by atoms with Crippen molar-refractivity contribution in [1.29, 1.82) is 0 Å². The van der Waals surface area contributed by atoms with Gasteiger partial charge in [-0.15, -0.1) is 0 Å². The maximum Gasteiger partial charge on any atom is 0.264 e. The standard InChI is InChI=1S/C28H33N3O5S/c1-21(22-11-13-23(14-12-22)30-17-7-8-18-30)29-28(32)20-31(37(33,34)25-9-5-4-6-10-25)26-19-24(35-2)15-16-27(26)36-3/h4-6,9-16,19,21H,7-8,17-18,20H2,1-3H3,(H,29,32). The van der Waals surface area contributed by atoms with Gasteiger partial charge in [-0.3, -0.25) is 9.10 Å². The summed E-state index contributed by atoms with van der Waals surface area (Å²) in [5, 5.41) is 2.94. The van der Waals surface area contributed by atoms with E-state index in [-0.39, 0.29) is 16.6 Å². The van der Waals surface area contributed by atoms with Gasteiger partial charge in [-0.2, -0.15) is 0 Å². The van der Waals surface area contributed by atoms with Gasteiger partial charge >= 0.3 is 0 Å². The Morgan fingerprint density at radius 3 is 2.27 bits per heavy atom. The van der Waals surface area contributed by atoms with E-state index >= 15 is 0 Å². The van der Waals surface area contributed by atoms with E-state index in [1.165, 1.54) is 44.9 Å². The fourth-order valence-electron chi connectivity index (χ4n) is 4.46. The molecule has 4 rings (SSSR count). The Bertz CT molecular complexity index is 1310. The Kier molecular flexibility index (Phi) is 8.23. The van der Waals surface area contributed by atoms with Crippen LogP contribution in [0.25, 0.3) is 0 Å². The summed E-state index contributed by atoms with van der Waals surface area (Å²) in [4.78, 5) is 15.6. The number of rotatable bonds is 10. The minimum atomic E-state index is -4.09. The van der Waals surface area contributed by atoms with Gasteiger partial charge in [-0.05, 0) is 61.7 Å². The average Bonchev–Trinajstić information content (AvgIpc) is 3.47. The second kappa shape index (κ2) is 11.6. The van der Waals surface area contributed by atoms with E-state index in [1.807, 2.05) is 19.1 Å². The van der Waals surface area contributed by atoms with Crippen LogP contribution in [0.2, 0.25) is 0 Å². The van der Waals surface area contributed by atoms with Crippen LogP contribution in [0.3, 0.4) is 0 Å². The number of amides is 1. The summed E-state index contributed by atoms with van der Waals surface area (Å²) >= 11 is 0. The van der Waals surface area contributed by atoms with Gasteiger partial charge < -0.3 is 19.7 Å². The molecule has 1 fully saturated rings. The number of anilines is 2. The molecular weight excluding hydrogens is 490 g/mol. The van der Waals surface area contributed by atoms with Crippen LogP contribution in [0.15, 0.2) is 77.7 Å². The molecule has 196 valence electrons. The molecule has 1 heterocycles. The Morgan fingerprint density at radius 2 is 1.65 bits per heavy atom. The normalized spacial score (nSPS) is 14.2. The first-order chi connectivity index (χ1) is 17.8. The number of hydrogen-bond donors (Lipinski definition) is 1. The smallest absolute Gasteiger partial charge is 0.264 e. The molecule has 0 radical (unpaired) electrons. The van der Waals surface area contributed by atoms with Gasteiger partial charge in [-0.1, -0.05) is 30.3 Å². The third kappa shape index (κ3) is 5.99. The zero-order valence-corrected chi connectivity index (χ0v) is 22.2. The lowest BCUT2D eigenvalue weighted by Gasteiger charge is -2.27. The van der Waals surface area contributed by atoms with Crippen molar-refractivity contribution in [3.8, 4) is 11.5 Å².